The normalized spacial score (nSPS) is 22.0. The van der Waals surface area contributed by atoms with Crippen LogP contribution in [0.2, 0.25) is 0 Å². The number of hydrogen-bond acceptors (Lipinski definition) is 6. The van der Waals surface area contributed by atoms with E-state index < -0.39 is 53.1 Å². The van der Waals surface area contributed by atoms with Crippen molar-refractivity contribution < 1.29 is 36.2 Å². The van der Waals surface area contributed by atoms with E-state index in [-0.39, 0.29) is 43.0 Å². The Balaban J connectivity index is 1.61. The first-order chi connectivity index (χ1) is 15.3. The highest BCUT2D eigenvalue weighted by Gasteiger charge is 2.61. The van der Waals surface area contributed by atoms with Gasteiger partial charge in [-0.3, -0.25) is 9.89 Å². The fourth-order valence-corrected chi connectivity index (χ4v) is 4.26. The molecule has 176 valence electrons. The first kappa shape index (κ1) is 22.8. The second kappa shape index (κ2) is 7.62. The number of hydrogen-bond donors (Lipinski definition) is 3. The van der Waals surface area contributed by atoms with Gasteiger partial charge in [0.1, 0.15) is 11.9 Å². The lowest BCUT2D eigenvalue weighted by Gasteiger charge is -2.37. The first-order valence-corrected chi connectivity index (χ1v) is 9.75. The lowest BCUT2D eigenvalue weighted by Crippen LogP contribution is -2.49. The molecular formula is C19H16F6N6O2. The van der Waals surface area contributed by atoms with E-state index in [9.17, 15) is 36.2 Å². The Morgan fingerprint density at radius 2 is 1.88 bits per heavy atom. The molecule has 1 amide bonds. The van der Waals surface area contributed by atoms with Gasteiger partial charge in [-0.2, -0.15) is 36.7 Å². The third-order valence-corrected chi connectivity index (χ3v) is 5.85. The van der Waals surface area contributed by atoms with Gasteiger partial charge >= 0.3 is 12.4 Å². The monoisotopic (exact) mass is 474 g/mol. The van der Waals surface area contributed by atoms with E-state index >= 15 is 0 Å². The third-order valence-electron chi connectivity index (χ3n) is 5.85. The molecule has 0 aromatic carbocycles. The standard InChI is InChI=1S/C19H16F6N6O2/c20-18(21,22)11-5-9(7-26)8-27-16(11)31-3-1-10(2-4-31)14-13-15(30-29-14)28-12(32)6-17(13,33)19(23,24)25/h5,8,10,33H,1-4,6H2,(H2,28,29,30,32). The van der Waals surface area contributed by atoms with Gasteiger partial charge in [0.15, 0.2) is 11.4 Å². The number of fused-ring (bicyclic) bond motifs is 1. The average Bonchev–Trinajstić information content (AvgIpc) is 3.16. The number of nitrogens with one attached hydrogen (secondary N) is 2. The van der Waals surface area contributed by atoms with E-state index in [0.29, 0.717) is 6.07 Å². The molecule has 3 N–H and O–H groups in total. The number of alkyl halides is 6. The summed E-state index contributed by atoms with van der Waals surface area (Å²) in [5, 5.41) is 27.7. The molecule has 0 saturated carbocycles. The summed E-state index contributed by atoms with van der Waals surface area (Å²) in [6.45, 7) is 0.0501. The topological polar surface area (TPSA) is 118 Å². The van der Waals surface area contributed by atoms with Crippen LogP contribution < -0.4 is 10.2 Å². The van der Waals surface area contributed by atoms with Gasteiger partial charge in [0.05, 0.1) is 23.1 Å². The van der Waals surface area contributed by atoms with Crippen LogP contribution in [0.4, 0.5) is 38.0 Å². The number of aromatic nitrogens is 3. The number of rotatable bonds is 2. The van der Waals surface area contributed by atoms with Crippen LogP contribution in [0.25, 0.3) is 0 Å². The predicted octanol–water partition coefficient (Wildman–Crippen LogP) is 3.17. The van der Waals surface area contributed by atoms with Gasteiger partial charge in [-0.25, -0.2) is 4.98 Å². The van der Waals surface area contributed by atoms with Gasteiger partial charge < -0.3 is 15.3 Å². The average molecular weight is 474 g/mol. The number of H-pyrrole nitrogens is 1. The zero-order chi connectivity index (χ0) is 24.2. The maximum absolute atomic E-state index is 13.7. The number of anilines is 2. The van der Waals surface area contributed by atoms with Crippen LogP contribution in [0.1, 0.15) is 47.6 Å². The maximum Gasteiger partial charge on any atom is 0.422 e. The van der Waals surface area contributed by atoms with E-state index in [1.165, 1.54) is 4.90 Å². The van der Waals surface area contributed by atoms with Gasteiger partial charge in [-0.1, -0.05) is 0 Å². The van der Waals surface area contributed by atoms with Crippen molar-refractivity contribution >= 4 is 17.5 Å². The molecule has 1 atom stereocenters. The van der Waals surface area contributed by atoms with E-state index in [2.05, 4.69) is 20.5 Å². The van der Waals surface area contributed by atoms with Crippen molar-refractivity contribution in [2.45, 2.75) is 43.1 Å². The number of piperidine rings is 1. The van der Waals surface area contributed by atoms with Crippen molar-refractivity contribution in [2.24, 2.45) is 0 Å². The summed E-state index contributed by atoms with van der Waals surface area (Å²) < 4.78 is 81.5. The van der Waals surface area contributed by atoms with Crippen molar-refractivity contribution in [1.29, 1.82) is 5.26 Å². The number of aromatic amines is 1. The number of pyridine rings is 1. The summed E-state index contributed by atoms with van der Waals surface area (Å²) in [5.74, 6) is -2.42. The van der Waals surface area contributed by atoms with Crippen molar-refractivity contribution in [3.05, 3.63) is 34.6 Å². The van der Waals surface area contributed by atoms with Crippen LogP contribution in [-0.2, 0) is 16.6 Å². The maximum atomic E-state index is 13.7. The fraction of sp³-hybridized carbons (Fsp3) is 0.474. The number of halogens is 6. The molecule has 14 heteroatoms. The number of nitrogens with zero attached hydrogens (tertiary/aromatic N) is 4. The second-order valence-corrected chi connectivity index (χ2v) is 7.91. The number of carbonyl (C=O) groups excluding carboxylic acids is 1. The Hall–Kier alpha value is -3.34. The molecule has 1 unspecified atom stereocenters. The predicted molar refractivity (Wildman–Crippen MR) is 99.9 cm³/mol. The highest BCUT2D eigenvalue weighted by molar-refractivity contribution is 5.94. The van der Waals surface area contributed by atoms with Crippen molar-refractivity contribution in [1.82, 2.24) is 15.2 Å². The minimum absolute atomic E-state index is 0.0201. The highest BCUT2D eigenvalue weighted by Crippen LogP contribution is 2.50. The summed E-state index contributed by atoms with van der Waals surface area (Å²) in [7, 11) is 0. The quantitative estimate of drug-likeness (QED) is 0.576. The molecule has 2 aromatic heterocycles. The van der Waals surface area contributed by atoms with Crippen LogP contribution in [0.5, 0.6) is 0 Å². The zero-order valence-electron chi connectivity index (χ0n) is 16.7. The minimum atomic E-state index is -5.15. The zero-order valence-corrected chi connectivity index (χ0v) is 16.7. The SMILES string of the molecule is N#Cc1cnc(N2CCC(c3[nH]nc4c3C(O)(C(F)(F)F)CC(=O)N4)CC2)c(C(F)(F)F)c1. The molecule has 8 nitrogen and oxygen atoms in total. The van der Waals surface area contributed by atoms with Crippen LogP contribution in [0.15, 0.2) is 12.3 Å². The highest BCUT2D eigenvalue weighted by atomic mass is 19.4. The molecule has 0 bridgehead atoms. The van der Waals surface area contributed by atoms with Crippen molar-refractivity contribution in [2.75, 3.05) is 23.3 Å². The second-order valence-electron chi connectivity index (χ2n) is 7.91. The molecule has 4 heterocycles. The number of carbonyl (C=O) groups is 1. The lowest BCUT2D eigenvalue weighted by atomic mass is 9.81. The molecule has 2 aromatic rings. The Labute approximate surface area is 182 Å². The minimum Gasteiger partial charge on any atom is -0.376 e. The van der Waals surface area contributed by atoms with Crippen LogP contribution in [0, 0.1) is 11.3 Å². The van der Waals surface area contributed by atoms with Gasteiger partial charge in [0.2, 0.25) is 5.91 Å². The largest absolute Gasteiger partial charge is 0.422 e. The fourth-order valence-electron chi connectivity index (χ4n) is 4.26. The van der Waals surface area contributed by atoms with Crippen LogP contribution >= 0.6 is 0 Å². The van der Waals surface area contributed by atoms with Gasteiger partial charge in [0.25, 0.3) is 0 Å². The molecule has 2 aliphatic rings. The Kier molecular flexibility index (Phi) is 5.27. The smallest absolute Gasteiger partial charge is 0.376 e. The Bertz CT molecular complexity index is 1130. The van der Waals surface area contributed by atoms with Crippen molar-refractivity contribution in [3.63, 3.8) is 0 Å². The lowest BCUT2D eigenvalue weighted by molar-refractivity contribution is -0.267. The summed E-state index contributed by atoms with van der Waals surface area (Å²) in [4.78, 5) is 16.8. The van der Waals surface area contributed by atoms with Crippen LogP contribution in [-0.4, -0.2) is 45.5 Å². The van der Waals surface area contributed by atoms with E-state index in [1.54, 1.807) is 6.07 Å². The third kappa shape index (κ3) is 3.86. The molecule has 0 radical (unpaired) electrons. The molecule has 1 fully saturated rings. The summed E-state index contributed by atoms with van der Waals surface area (Å²) >= 11 is 0. The van der Waals surface area contributed by atoms with Gasteiger partial charge in [-0.05, 0) is 18.9 Å². The number of aliphatic hydroxyl groups is 1. The van der Waals surface area contributed by atoms with Gasteiger partial charge in [-0.15, -0.1) is 0 Å². The van der Waals surface area contributed by atoms with E-state index in [4.69, 9.17) is 5.26 Å². The van der Waals surface area contributed by atoms with Crippen molar-refractivity contribution in [3.8, 4) is 6.07 Å². The summed E-state index contributed by atoms with van der Waals surface area (Å²) in [5.41, 5.74) is -5.34. The van der Waals surface area contributed by atoms with Gasteiger partial charge in [0, 0.05) is 30.9 Å². The molecule has 4 rings (SSSR count). The number of amides is 1. The Morgan fingerprint density at radius 1 is 1.21 bits per heavy atom. The van der Waals surface area contributed by atoms with Crippen LogP contribution in [0.3, 0.4) is 0 Å². The molecule has 2 aliphatic heterocycles. The summed E-state index contributed by atoms with van der Waals surface area (Å²) in [6, 6.07) is 2.31. The van der Waals surface area contributed by atoms with E-state index in [0.717, 1.165) is 6.20 Å². The first-order valence-electron chi connectivity index (χ1n) is 9.75. The van der Waals surface area contributed by atoms with E-state index in [1.807, 2.05) is 0 Å². The molecular weight excluding hydrogens is 458 g/mol. The number of nitriles is 1. The Morgan fingerprint density at radius 3 is 2.45 bits per heavy atom. The molecule has 0 aliphatic carbocycles. The molecule has 1 saturated heterocycles. The summed E-state index contributed by atoms with van der Waals surface area (Å²) in [6.07, 6.45) is -9.83. The molecule has 0 spiro atoms. The molecule has 33 heavy (non-hydrogen) atoms.